The van der Waals surface area contributed by atoms with E-state index < -0.39 is 10.0 Å². The van der Waals surface area contributed by atoms with Crippen LogP contribution in [0.25, 0.3) is 0 Å². The number of primary sulfonamides is 1. The minimum Gasteiger partial charge on any atom is -0.504 e. The van der Waals surface area contributed by atoms with Crippen molar-refractivity contribution in [2.24, 2.45) is 5.14 Å². The number of sulfonamides is 1. The summed E-state index contributed by atoms with van der Waals surface area (Å²) in [5.74, 6) is -0.291. The molecule has 0 saturated carbocycles. The van der Waals surface area contributed by atoms with Crippen LogP contribution in [0.3, 0.4) is 0 Å². The van der Waals surface area contributed by atoms with Crippen LogP contribution in [0, 0.1) is 0 Å². The molecule has 23 heavy (non-hydrogen) atoms. The van der Waals surface area contributed by atoms with E-state index in [2.05, 4.69) is 0 Å². The van der Waals surface area contributed by atoms with Gasteiger partial charge in [-0.25, -0.2) is 13.6 Å². The number of phenolic OH excluding ortho intramolecular Hbond substituents is 1. The van der Waals surface area contributed by atoms with Crippen molar-refractivity contribution in [2.45, 2.75) is 31.6 Å². The first-order chi connectivity index (χ1) is 10.8. The van der Waals surface area contributed by atoms with E-state index in [1.54, 1.807) is 6.07 Å². The number of hydrogen-bond donors (Lipinski definition) is 2. The molecule has 0 radical (unpaired) electrons. The molecule has 2 rings (SSSR count). The summed E-state index contributed by atoms with van der Waals surface area (Å²) in [6, 6.07) is 3.13. The molecule has 1 aromatic rings. The molecule has 0 amide bonds. The summed E-state index contributed by atoms with van der Waals surface area (Å²) >= 11 is 5.49. The number of anilines is 1. The number of nitrogens with zero attached hydrogens (tertiary/aromatic N) is 2. The van der Waals surface area contributed by atoms with Crippen LogP contribution in [0.4, 0.5) is 5.69 Å². The molecule has 0 bridgehead atoms. The lowest BCUT2D eigenvalue weighted by atomic mass is 10.1. The Kier molecular flexibility index (Phi) is 5.49. The van der Waals surface area contributed by atoms with E-state index in [1.807, 2.05) is 23.6 Å². The third-order valence-corrected chi connectivity index (χ3v) is 5.52. The molecule has 6 nitrogen and oxygen atoms in total. The molecule has 0 atom stereocenters. The zero-order chi connectivity index (χ0) is 17.2. The summed E-state index contributed by atoms with van der Waals surface area (Å²) in [4.78, 5) is 4.22. The van der Waals surface area contributed by atoms with Crippen molar-refractivity contribution in [1.29, 1.82) is 0 Å². The Hall–Kier alpha value is -1.38. The molecule has 1 aliphatic rings. The largest absolute Gasteiger partial charge is 0.504 e. The first-order valence-corrected chi connectivity index (χ1v) is 9.69. The van der Waals surface area contributed by atoms with E-state index in [0.717, 1.165) is 39.0 Å². The smallest absolute Gasteiger partial charge is 0.241 e. The maximum atomic E-state index is 11.8. The molecule has 0 aliphatic carbocycles. The first kappa shape index (κ1) is 18.0. The van der Waals surface area contributed by atoms with E-state index >= 15 is 0 Å². The molecule has 3 N–H and O–H groups in total. The van der Waals surface area contributed by atoms with Crippen LogP contribution in [0.15, 0.2) is 17.0 Å². The van der Waals surface area contributed by atoms with Crippen molar-refractivity contribution in [3.05, 3.63) is 17.7 Å². The van der Waals surface area contributed by atoms with E-state index in [9.17, 15) is 13.5 Å². The third kappa shape index (κ3) is 3.76. The van der Waals surface area contributed by atoms with Gasteiger partial charge in [-0.3, -0.25) is 0 Å². The average molecular weight is 358 g/mol. The summed E-state index contributed by atoms with van der Waals surface area (Å²) in [6.07, 6.45) is 2.02. The van der Waals surface area contributed by atoms with Gasteiger partial charge in [0, 0.05) is 31.7 Å². The van der Waals surface area contributed by atoms with Crippen LogP contribution in [-0.2, 0) is 10.0 Å². The van der Waals surface area contributed by atoms with Gasteiger partial charge in [0.05, 0.1) is 5.69 Å². The van der Waals surface area contributed by atoms with Crippen molar-refractivity contribution in [3.8, 4) is 5.75 Å². The SMILES string of the molecule is CCN(CC)C(=S)c1cc(N2CCCC2)c(O)c(S(N)(=O)=O)c1. The molecule has 1 aliphatic heterocycles. The Morgan fingerprint density at radius 3 is 2.35 bits per heavy atom. The molecule has 0 aromatic heterocycles. The minimum absolute atomic E-state index is 0.272. The Bertz CT molecular complexity index is 694. The maximum absolute atomic E-state index is 11.8. The van der Waals surface area contributed by atoms with E-state index in [1.165, 1.54) is 6.07 Å². The summed E-state index contributed by atoms with van der Waals surface area (Å²) in [7, 11) is -4.04. The number of phenols is 1. The molecule has 1 aromatic carbocycles. The summed E-state index contributed by atoms with van der Waals surface area (Å²) in [5, 5.41) is 15.7. The topological polar surface area (TPSA) is 86.9 Å². The van der Waals surface area contributed by atoms with Gasteiger partial charge in [0.25, 0.3) is 0 Å². The molecule has 1 heterocycles. The molecular weight excluding hydrogens is 334 g/mol. The van der Waals surface area contributed by atoms with E-state index in [0.29, 0.717) is 16.2 Å². The molecule has 128 valence electrons. The quantitative estimate of drug-likeness (QED) is 0.780. The fourth-order valence-corrected chi connectivity index (χ4v) is 3.87. The van der Waals surface area contributed by atoms with Gasteiger partial charge in [0.2, 0.25) is 10.0 Å². The molecule has 1 saturated heterocycles. The number of hydrogen-bond acceptors (Lipinski definition) is 5. The lowest BCUT2D eigenvalue weighted by Crippen LogP contribution is -2.30. The van der Waals surface area contributed by atoms with Crippen LogP contribution in [0.5, 0.6) is 5.75 Å². The average Bonchev–Trinajstić information content (AvgIpc) is 3.01. The van der Waals surface area contributed by atoms with Crippen molar-refractivity contribution in [2.75, 3.05) is 31.1 Å². The minimum atomic E-state index is -4.04. The number of aromatic hydroxyl groups is 1. The van der Waals surface area contributed by atoms with Crippen LogP contribution in [-0.4, -0.2) is 49.6 Å². The second-order valence-corrected chi connectivity index (χ2v) is 7.48. The highest BCUT2D eigenvalue weighted by Crippen LogP contribution is 2.37. The van der Waals surface area contributed by atoms with Crippen LogP contribution < -0.4 is 10.0 Å². The Labute approximate surface area is 142 Å². The Morgan fingerprint density at radius 2 is 1.87 bits per heavy atom. The Morgan fingerprint density at radius 1 is 1.30 bits per heavy atom. The molecule has 8 heteroatoms. The van der Waals surface area contributed by atoms with Gasteiger partial charge in [-0.1, -0.05) is 12.2 Å². The zero-order valence-corrected chi connectivity index (χ0v) is 15.1. The van der Waals surface area contributed by atoms with Gasteiger partial charge >= 0.3 is 0 Å². The lowest BCUT2D eigenvalue weighted by Gasteiger charge is -2.25. The van der Waals surface area contributed by atoms with Crippen molar-refractivity contribution in [3.63, 3.8) is 0 Å². The first-order valence-electron chi connectivity index (χ1n) is 7.73. The van der Waals surface area contributed by atoms with Gasteiger partial charge in [-0.05, 0) is 38.8 Å². The number of benzene rings is 1. The highest BCUT2D eigenvalue weighted by Gasteiger charge is 2.25. The van der Waals surface area contributed by atoms with Crippen LogP contribution in [0.2, 0.25) is 0 Å². The molecule has 0 spiro atoms. The highest BCUT2D eigenvalue weighted by molar-refractivity contribution is 7.89. The zero-order valence-electron chi connectivity index (χ0n) is 13.4. The lowest BCUT2D eigenvalue weighted by molar-refractivity contribution is 0.457. The van der Waals surface area contributed by atoms with Crippen LogP contribution >= 0.6 is 12.2 Å². The van der Waals surface area contributed by atoms with Gasteiger partial charge in [-0.2, -0.15) is 0 Å². The van der Waals surface area contributed by atoms with Gasteiger partial charge in [-0.15, -0.1) is 0 Å². The fourth-order valence-electron chi connectivity index (χ4n) is 2.83. The number of rotatable bonds is 5. The number of nitrogens with two attached hydrogens (primary N) is 1. The predicted molar refractivity (Wildman–Crippen MR) is 95.5 cm³/mol. The normalized spacial score (nSPS) is 15.0. The summed E-state index contributed by atoms with van der Waals surface area (Å²) < 4.78 is 23.7. The van der Waals surface area contributed by atoms with Crippen LogP contribution in [0.1, 0.15) is 32.3 Å². The summed E-state index contributed by atoms with van der Waals surface area (Å²) in [5.41, 5.74) is 1.07. The standard InChI is InChI=1S/C15H23N3O3S2/c1-3-17(4-2)15(22)11-9-12(18-7-5-6-8-18)14(19)13(10-11)23(16,20)21/h9-10,19H,3-8H2,1-2H3,(H2,16,20,21). The van der Waals surface area contributed by atoms with Crippen molar-refractivity contribution >= 4 is 32.9 Å². The monoisotopic (exact) mass is 357 g/mol. The van der Waals surface area contributed by atoms with Crippen molar-refractivity contribution < 1.29 is 13.5 Å². The predicted octanol–water partition coefficient (Wildman–Crippen LogP) is 1.66. The molecular formula is C15H23N3O3S2. The molecule has 1 fully saturated rings. The second kappa shape index (κ2) is 7.02. The molecule has 0 unspecified atom stereocenters. The van der Waals surface area contributed by atoms with E-state index in [4.69, 9.17) is 17.4 Å². The van der Waals surface area contributed by atoms with Gasteiger partial charge in [0.1, 0.15) is 9.88 Å². The van der Waals surface area contributed by atoms with Gasteiger partial charge in [0.15, 0.2) is 5.75 Å². The van der Waals surface area contributed by atoms with Crippen molar-refractivity contribution in [1.82, 2.24) is 4.90 Å². The summed E-state index contributed by atoms with van der Waals surface area (Å²) in [6.45, 7) is 6.97. The fraction of sp³-hybridized carbons (Fsp3) is 0.533. The third-order valence-electron chi connectivity index (χ3n) is 4.11. The number of thiocarbonyl (C=S) groups is 1. The van der Waals surface area contributed by atoms with E-state index in [-0.39, 0.29) is 10.6 Å². The maximum Gasteiger partial charge on any atom is 0.241 e. The van der Waals surface area contributed by atoms with Gasteiger partial charge < -0.3 is 14.9 Å². The second-order valence-electron chi connectivity index (χ2n) is 5.56. The Balaban J connectivity index is 2.59. The highest BCUT2D eigenvalue weighted by atomic mass is 32.2.